The zero-order valence-corrected chi connectivity index (χ0v) is 11.3. The molecule has 0 radical (unpaired) electrons. The molecule has 3 aromatic rings. The number of thiazole rings is 1. The first-order chi connectivity index (χ1) is 8.72. The molecule has 3 aromatic heterocycles. The molecule has 0 unspecified atom stereocenters. The number of aromatic nitrogens is 4. The van der Waals surface area contributed by atoms with Crippen molar-refractivity contribution in [3.05, 3.63) is 28.2 Å². The molecule has 0 aliphatic heterocycles. The Bertz CT molecular complexity index is 678. The summed E-state index contributed by atoms with van der Waals surface area (Å²) < 4.78 is 6.02. The molecule has 8 heteroatoms. The van der Waals surface area contributed by atoms with E-state index >= 15 is 0 Å². The Labute approximate surface area is 114 Å². The average molecular weight is 324 g/mol. The second kappa shape index (κ2) is 4.46. The Hall–Kier alpha value is -1.80. The van der Waals surface area contributed by atoms with Crippen molar-refractivity contribution in [3.8, 4) is 23.1 Å². The van der Waals surface area contributed by atoms with E-state index in [0.717, 1.165) is 4.47 Å². The Balaban J connectivity index is 1.96. The fraction of sp³-hybridized carbons (Fsp3) is 0. The van der Waals surface area contributed by atoms with Gasteiger partial charge in [-0.2, -0.15) is 4.98 Å². The monoisotopic (exact) mass is 323 g/mol. The van der Waals surface area contributed by atoms with Crippen LogP contribution in [0.5, 0.6) is 0 Å². The summed E-state index contributed by atoms with van der Waals surface area (Å²) in [5.74, 6) is 0.756. The van der Waals surface area contributed by atoms with Gasteiger partial charge < -0.3 is 10.3 Å². The van der Waals surface area contributed by atoms with Gasteiger partial charge in [0.25, 0.3) is 5.89 Å². The third-order valence-electron chi connectivity index (χ3n) is 2.12. The zero-order chi connectivity index (χ0) is 12.5. The summed E-state index contributed by atoms with van der Waals surface area (Å²) in [7, 11) is 0. The highest BCUT2D eigenvalue weighted by Gasteiger charge is 2.13. The van der Waals surface area contributed by atoms with E-state index in [-0.39, 0.29) is 0 Å². The molecule has 0 spiro atoms. The number of nitrogens with two attached hydrogens (primary N) is 1. The topological polar surface area (TPSA) is 90.7 Å². The van der Waals surface area contributed by atoms with Crippen LogP contribution in [-0.4, -0.2) is 20.1 Å². The van der Waals surface area contributed by atoms with Crippen molar-refractivity contribution >= 4 is 32.4 Å². The van der Waals surface area contributed by atoms with Gasteiger partial charge in [0.2, 0.25) is 5.82 Å². The summed E-state index contributed by atoms with van der Waals surface area (Å²) in [5.41, 5.74) is 6.76. The number of pyridine rings is 1. The molecule has 0 aliphatic rings. The van der Waals surface area contributed by atoms with Gasteiger partial charge in [0.05, 0.1) is 0 Å². The summed E-state index contributed by atoms with van der Waals surface area (Å²) in [6, 6.07) is 3.66. The van der Waals surface area contributed by atoms with Gasteiger partial charge in [0, 0.05) is 16.0 Å². The maximum absolute atomic E-state index is 5.55. The van der Waals surface area contributed by atoms with Crippen LogP contribution in [0.15, 0.2) is 32.7 Å². The van der Waals surface area contributed by atoms with Crippen molar-refractivity contribution in [2.24, 2.45) is 0 Å². The van der Waals surface area contributed by atoms with Gasteiger partial charge in [-0.25, -0.2) is 4.98 Å². The van der Waals surface area contributed by atoms with E-state index in [0.29, 0.717) is 28.2 Å². The minimum atomic E-state index is 0.336. The Morgan fingerprint density at radius 1 is 1.22 bits per heavy atom. The number of hydrogen-bond acceptors (Lipinski definition) is 7. The second-order valence-corrected chi connectivity index (χ2v) is 5.16. The molecule has 0 fully saturated rings. The normalized spacial score (nSPS) is 10.7. The molecule has 6 nitrogen and oxygen atoms in total. The van der Waals surface area contributed by atoms with Crippen LogP contribution in [0.25, 0.3) is 23.1 Å². The van der Waals surface area contributed by atoms with Crippen molar-refractivity contribution in [1.29, 1.82) is 0 Å². The Morgan fingerprint density at radius 2 is 2.11 bits per heavy atom. The predicted octanol–water partition coefficient (Wildman–Crippen LogP) is 2.60. The van der Waals surface area contributed by atoms with Crippen molar-refractivity contribution in [2.75, 3.05) is 5.73 Å². The van der Waals surface area contributed by atoms with Gasteiger partial charge in [0.1, 0.15) is 11.4 Å². The van der Waals surface area contributed by atoms with Crippen molar-refractivity contribution in [2.45, 2.75) is 0 Å². The van der Waals surface area contributed by atoms with Crippen LogP contribution in [-0.2, 0) is 0 Å². The van der Waals surface area contributed by atoms with E-state index < -0.39 is 0 Å². The van der Waals surface area contributed by atoms with Crippen LogP contribution in [0.4, 0.5) is 5.13 Å². The van der Waals surface area contributed by atoms with Gasteiger partial charge in [-0.1, -0.05) is 5.16 Å². The number of nitrogens with zero attached hydrogens (tertiary/aromatic N) is 4. The lowest BCUT2D eigenvalue weighted by Crippen LogP contribution is -1.85. The zero-order valence-electron chi connectivity index (χ0n) is 8.87. The fourth-order valence-electron chi connectivity index (χ4n) is 1.33. The molecule has 0 atom stereocenters. The maximum atomic E-state index is 5.55. The minimum Gasteiger partial charge on any atom is -0.375 e. The fourth-order valence-corrected chi connectivity index (χ4v) is 2.10. The molecular weight excluding hydrogens is 318 g/mol. The summed E-state index contributed by atoms with van der Waals surface area (Å²) in [6.07, 6.45) is 1.67. The van der Waals surface area contributed by atoms with Crippen LogP contribution in [0, 0.1) is 0 Å². The molecule has 0 bridgehead atoms. The molecule has 18 heavy (non-hydrogen) atoms. The number of anilines is 1. The molecule has 3 heterocycles. The standard InChI is InChI=1S/C10H6BrN5OS/c11-5-1-2-6(13-3-5)8-15-9(17-16-8)7-4-18-10(12)14-7/h1-4H,(H2,12,14). The number of nitrogen functional groups attached to an aromatic ring is 1. The van der Waals surface area contributed by atoms with E-state index in [4.69, 9.17) is 10.3 Å². The van der Waals surface area contributed by atoms with Gasteiger partial charge >= 0.3 is 0 Å². The third-order valence-corrected chi connectivity index (χ3v) is 3.27. The maximum Gasteiger partial charge on any atom is 0.277 e. The van der Waals surface area contributed by atoms with E-state index in [1.165, 1.54) is 11.3 Å². The quantitative estimate of drug-likeness (QED) is 0.779. The van der Waals surface area contributed by atoms with Gasteiger partial charge in [-0.3, -0.25) is 4.98 Å². The molecule has 0 saturated carbocycles. The number of rotatable bonds is 2. The number of hydrogen-bond donors (Lipinski definition) is 1. The third kappa shape index (κ3) is 2.12. The summed E-state index contributed by atoms with van der Waals surface area (Å²) >= 11 is 4.64. The lowest BCUT2D eigenvalue weighted by molar-refractivity contribution is 0.431. The first-order valence-corrected chi connectivity index (χ1v) is 6.56. The van der Waals surface area contributed by atoms with Crippen molar-refractivity contribution in [1.82, 2.24) is 20.1 Å². The highest BCUT2D eigenvalue weighted by atomic mass is 79.9. The van der Waals surface area contributed by atoms with E-state index in [1.54, 1.807) is 17.6 Å². The predicted molar refractivity (Wildman–Crippen MR) is 70.7 cm³/mol. The second-order valence-electron chi connectivity index (χ2n) is 3.36. The molecular formula is C10H6BrN5OS. The lowest BCUT2D eigenvalue weighted by atomic mass is 10.3. The number of halogens is 1. The smallest absolute Gasteiger partial charge is 0.277 e. The Kier molecular flexibility index (Phi) is 2.80. The minimum absolute atomic E-state index is 0.336. The van der Waals surface area contributed by atoms with Gasteiger partial charge in [-0.05, 0) is 28.1 Å². The van der Waals surface area contributed by atoms with Gasteiger partial charge in [-0.15, -0.1) is 11.3 Å². The molecule has 0 aliphatic carbocycles. The summed E-state index contributed by atoms with van der Waals surface area (Å²) in [6.45, 7) is 0. The largest absolute Gasteiger partial charge is 0.375 e. The first-order valence-electron chi connectivity index (χ1n) is 4.89. The first kappa shape index (κ1) is 11.3. The molecule has 0 aromatic carbocycles. The summed E-state index contributed by atoms with van der Waals surface area (Å²) in [5, 5.41) is 6.09. The summed E-state index contributed by atoms with van der Waals surface area (Å²) in [4.78, 5) is 12.5. The lowest BCUT2D eigenvalue weighted by Gasteiger charge is -1.92. The molecule has 2 N–H and O–H groups in total. The molecule has 3 rings (SSSR count). The van der Waals surface area contributed by atoms with E-state index in [1.807, 2.05) is 6.07 Å². The molecule has 90 valence electrons. The van der Waals surface area contributed by atoms with E-state index in [9.17, 15) is 0 Å². The average Bonchev–Trinajstić information content (AvgIpc) is 2.98. The van der Waals surface area contributed by atoms with Crippen molar-refractivity contribution < 1.29 is 4.52 Å². The van der Waals surface area contributed by atoms with Crippen LogP contribution in [0.2, 0.25) is 0 Å². The van der Waals surface area contributed by atoms with Crippen molar-refractivity contribution in [3.63, 3.8) is 0 Å². The van der Waals surface area contributed by atoms with E-state index in [2.05, 4.69) is 36.0 Å². The highest BCUT2D eigenvalue weighted by molar-refractivity contribution is 9.10. The molecule has 0 saturated heterocycles. The highest BCUT2D eigenvalue weighted by Crippen LogP contribution is 2.24. The van der Waals surface area contributed by atoms with Crippen LogP contribution >= 0.6 is 27.3 Å². The molecule has 0 amide bonds. The van der Waals surface area contributed by atoms with Gasteiger partial charge in [0.15, 0.2) is 5.13 Å². The van der Waals surface area contributed by atoms with Crippen LogP contribution in [0.1, 0.15) is 0 Å². The SMILES string of the molecule is Nc1nc(-c2nc(-c3ccc(Br)cn3)no2)cs1. The Morgan fingerprint density at radius 3 is 2.78 bits per heavy atom. The van der Waals surface area contributed by atoms with Crippen LogP contribution < -0.4 is 5.73 Å². The van der Waals surface area contributed by atoms with Crippen LogP contribution in [0.3, 0.4) is 0 Å².